The molecule has 0 aliphatic rings. The van der Waals surface area contributed by atoms with Gasteiger partial charge in [-0.15, -0.1) is 24.3 Å². The average molecular weight is 697 g/mol. The molecule has 0 N–H and O–H groups in total. The molecule has 0 radical (unpaired) electrons. The van der Waals surface area contributed by atoms with Crippen molar-refractivity contribution in [2.75, 3.05) is 39.0 Å². The zero-order valence-corrected chi connectivity index (χ0v) is 27.0. The molecule has 0 bridgehead atoms. The maximum Gasteiger partial charge on any atom is 0.0899 e. The van der Waals surface area contributed by atoms with E-state index in [1.54, 1.807) is 0 Å². The van der Waals surface area contributed by atoms with Crippen molar-refractivity contribution in [3.8, 4) is 0 Å². The van der Waals surface area contributed by atoms with E-state index in [1.807, 2.05) is 121 Å². The van der Waals surface area contributed by atoms with Crippen LogP contribution in [0, 0.1) is 53.8 Å². The van der Waals surface area contributed by atoms with Crippen LogP contribution in [0.5, 0.6) is 0 Å². The van der Waals surface area contributed by atoms with Crippen LogP contribution in [0.3, 0.4) is 0 Å². The minimum atomic E-state index is 0. The molecule has 0 spiro atoms. The van der Waals surface area contributed by atoms with Crippen LogP contribution in [-0.2, 0) is 0 Å². The Morgan fingerprint density at radius 3 is 0.909 bits per heavy atom. The Hall–Kier alpha value is -0.935. The molecule has 4 aromatic rings. The number of benzene rings is 2. The Bertz CT molecular complexity index is 687. The summed E-state index contributed by atoms with van der Waals surface area (Å²) in [5.74, 6) is 0. The molecule has 0 unspecified atom stereocenters. The SMILES string of the molecule is C[PH+](C)CC[PH+](C)C.[CH2-]c1ccccc1.[CH2-]c1ccccc1.[Th].c1cc[cH-]c1.c1cc[cH-]c1. The fraction of sp³-hybridized carbons (Fsp3) is 0.200. The van der Waals surface area contributed by atoms with Gasteiger partial charge in [-0.25, -0.2) is 24.3 Å². The summed E-state index contributed by atoms with van der Waals surface area (Å²) in [6.07, 6.45) is 3.07. The van der Waals surface area contributed by atoms with Crippen LogP contribution < -0.4 is 0 Å². The van der Waals surface area contributed by atoms with Gasteiger partial charge in [0.1, 0.15) is 0 Å². The van der Waals surface area contributed by atoms with E-state index in [9.17, 15) is 0 Å². The Morgan fingerprint density at radius 1 is 0.515 bits per heavy atom. The molecule has 4 aromatic carbocycles. The second kappa shape index (κ2) is 25.7. The molecule has 3 heteroatoms. The molecule has 178 valence electrons. The topological polar surface area (TPSA) is 0 Å². The molecule has 0 aliphatic heterocycles. The van der Waals surface area contributed by atoms with E-state index in [-0.39, 0.29) is 55.8 Å². The van der Waals surface area contributed by atoms with Crippen LogP contribution in [0.4, 0.5) is 0 Å². The van der Waals surface area contributed by atoms with E-state index in [0.717, 1.165) is 11.1 Å². The smallest absolute Gasteiger partial charge is 0.0899 e. The van der Waals surface area contributed by atoms with Gasteiger partial charge in [0.2, 0.25) is 0 Å². The summed E-state index contributed by atoms with van der Waals surface area (Å²) < 4.78 is 0. The Labute approximate surface area is 239 Å². The van der Waals surface area contributed by atoms with E-state index < -0.39 is 0 Å². The first-order valence-electron chi connectivity index (χ1n) is 11.1. The van der Waals surface area contributed by atoms with Gasteiger partial charge in [0.05, 0.1) is 12.3 Å². The number of hydrogen-bond acceptors (Lipinski definition) is 0. The van der Waals surface area contributed by atoms with Crippen LogP contribution in [0.15, 0.2) is 121 Å². The first kappa shape index (κ1) is 34.2. The molecule has 0 heterocycles. The summed E-state index contributed by atoms with van der Waals surface area (Å²) in [6, 6.07) is 39.7. The minimum Gasteiger partial charge on any atom is -0.214 e. The molecule has 0 saturated heterocycles. The van der Waals surface area contributed by atoms with Crippen LogP contribution in [0.2, 0.25) is 0 Å². The Morgan fingerprint density at radius 2 is 0.788 bits per heavy atom. The van der Waals surface area contributed by atoms with Gasteiger partial charge >= 0.3 is 0 Å². The van der Waals surface area contributed by atoms with Crippen molar-refractivity contribution in [2.24, 2.45) is 0 Å². The molecular weight excluding hydrogens is 654 g/mol. The molecule has 0 saturated carbocycles. The van der Waals surface area contributed by atoms with Gasteiger partial charge in [-0.1, -0.05) is 12.1 Å². The van der Waals surface area contributed by atoms with E-state index in [0.29, 0.717) is 0 Å². The van der Waals surface area contributed by atoms with Gasteiger partial charge < -0.3 is 0 Å². The maximum atomic E-state index is 3.72. The molecule has 0 atom stereocenters. The van der Waals surface area contributed by atoms with E-state index >= 15 is 0 Å². The van der Waals surface area contributed by atoms with Gasteiger partial charge in [-0.2, -0.15) is 85.6 Å². The summed E-state index contributed by atoms with van der Waals surface area (Å²) in [5.41, 5.74) is 2.14. The number of rotatable bonds is 3. The van der Waals surface area contributed by atoms with E-state index in [2.05, 4.69) is 40.5 Å². The monoisotopic (exact) mass is 696 g/mol. The predicted molar refractivity (Wildman–Crippen MR) is 156 cm³/mol. The van der Waals surface area contributed by atoms with Gasteiger partial charge in [-0.3, -0.25) is 0 Å². The van der Waals surface area contributed by atoms with Gasteiger partial charge in [-0.05, 0) is 15.8 Å². The Kier molecular flexibility index (Phi) is 26.6. The van der Waals surface area contributed by atoms with Crippen molar-refractivity contribution >= 4 is 15.8 Å². The van der Waals surface area contributed by atoms with Crippen molar-refractivity contribution in [1.29, 1.82) is 0 Å². The first-order chi connectivity index (χ1) is 15.4. The van der Waals surface area contributed by atoms with Crippen molar-refractivity contribution in [3.63, 3.8) is 0 Å². The van der Waals surface area contributed by atoms with Crippen LogP contribution in [0.1, 0.15) is 11.1 Å². The number of hydrogen-bond donors (Lipinski definition) is 0. The second-order valence-electron chi connectivity index (χ2n) is 7.81. The fourth-order valence-corrected chi connectivity index (χ4v) is 6.10. The molecule has 0 aromatic heterocycles. The van der Waals surface area contributed by atoms with Crippen LogP contribution >= 0.6 is 15.8 Å². The van der Waals surface area contributed by atoms with Crippen LogP contribution in [0.25, 0.3) is 0 Å². The van der Waals surface area contributed by atoms with Crippen molar-refractivity contribution in [3.05, 3.63) is 146 Å². The molecule has 0 aliphatic carbocycles. The summed E-state index contributed by atoms with van der Waals surface area (Å²) in [5, 5.41) is 0. The third-order valence-electron chi connectivity index (χ3n) is 3.92. The van der Waals surface area contributed by atoms with Gasteiger partial charge in [0.25, 0.3) is 0 Å². The van der Waals surface area contributed by atoms with Crippen molar-refractivity contribution in [1.82, 2.24) is 0 Å². The molecule has 4 rings (SSSR count). The summed E-state index contributed by atoms with van der Waals surface area (Å²) in [6.45, 7) is 17.0. The van der Waals surface area contributed by atoms with Crippen molar-refractivity contribution < 1.29 is 39.9 Å². The third-order valence-corrected chi connectivity index (χ3v) is 6.92. The maximum absolute atomic E-state index is 3.72. The Balaban J connectivity index is 0. The van der Waals surface area contributed by atoms with Gasteiger partial charge in [0, 0.05) is 66.6 Å². The molecule has 0 nitrogen and oxygen atoms in total. The third kappa shape index (κ3) is 29.0. The van der Waals surface area contributed by atoms with Gasteiger partial charge in [0.15, 0.2) is 0 Å². The largest absolute Gasteiger partial charge is 0.214 e. The fourth-order valence-electron chi connectivity index (χ4n) is 2.10. The minimum absolute atomic E-state index is 0. The standard InChI is InChI=1S/2C7H7.C6H16P2.2C5H5.Th/c2*1-7-5-3-2-4-6-7;1-7(2)5-6-8(3)4;2*1-2-4-5-3-1;/h2*2-6H,1H2;5-6H2,1-4H3;2*1-5H;/q2*-1;;2*-1;/p+2. The predicted octanol–water partition coefficient (Wildman–Crippen LogP) is 8.48. The first-order valence-corrected chi connectivity index (χ1v) is 16.5. The molecule has 0 fully saturated rings. The molecule has 0 amide bonds. The van der Waals surface area contributed by atoms with Crippen LogP contribution in [-0.4, -0.2) is 39.0 Å². The zero-order valence-electron chi connectivity index (χ0n) is 20.9. The quantitative estimate of drug-likeness (QED) is 0.149. The average Bonchev–Trinajstić information content (AvgIpc) is 3.53. The normalized spacial score (nSPS) is 8.79. The van der Waals surface area contributed by atoms with E-state index in [4.69, 9.17) is 0 Å². The summed E-state index contributed by atoms with van der Waals surface area (Å²) in [7, 11) is 0.191. The van der Waals surface area contributed by atoms with Crippen molar-refractivity contribution in [2.45, 2.75) is 0 Å². The zero-order chi connectivity index (χ0) is 23.9. The second-order valence-corrected chi connectivity index (χ2v) is 13.6. The molecule has 33 heavy (non-hydrogen) atoms. The molecular formula is C30H42P2Th-2. The summed E-state index contributed by atoms with van der Waals surface area (Å²) in [4.78, 5) is 0. The summed E-state index contributed by atoms with van der Waals surface area (Å²) >= 11 is 0. The van der Waals surface area contributed by atoms with E-state index in [1.165, 1.54) is 12.3 Å².